The molecule has 5 rings (SSSR count). The molecule has 3 aromatic rings. The predicted octanol–water partition coefficient (Wildman–Crippen LogP) is 2.60. The first-order valence-electron chi connectivity index (χ1n) is 12.3. The Morgan fingerprint density at radius 2 is 1.91 bits per heavy atom. The minimum Gasteiger partial charge on any atom is -0.396 e. The average Bonchev–Trinajstić information content (AvgIpc) is 2.88. The van der Waals surface area contributed by atoms with E-state index in [9.17, 15) is 10.2 Å². The van der Waals surface area contributed by atoms with Crippen LogP contribution in [0, 0.1) is 0 Å². The third kappa shape index (κ3) is 4.82. The van der Waals surface area contributed by atoms with Crippen LogP contribution in [-0.4, -0.2) is 74.4 Å². The fraction of sp³-hybridized carbons (Fsp3) is 0.520. The first-order chi connectivity index (χ1) is 16.6. The van der Waals surface area contributed by atoms with Crippen molar-refractivity contribution in [3.63, 3.8) is 0 Å². The van der Waals surface area contributed by atoms with Gasteiger partial charge >= 0.3 is 0 Å². The number of aliphatic hydroxyl groups excluding tert-OH is 2. The summed E-state index contributed by atoms with van der Waals surface area (Å²) in [4.78, 5) is 23.7. The van der Waals surface area contributed by atoms with Crippen LogP contribution in [0.1, 0.15) is 49.1 Å². The minimum absolute atomic E-state index is 0.0428. The summed E-state index contributed by atoms with van der Waals surface area (Å²) in [6.45, 7) is 6.55. The molecule has 2 aliphatic heterocycles. The molecule has 0 unspecified atom stereocenters. The molecule has 0 saturated carbocycles. The summed E-state index contributed by atoms with van der Waals surface area (Å²) in [5.41, 5.74) is 3.97. The highest BCUT2D eigenvalue weighted by Gasteiger charge is 2.21. The number of hydrogen-bond acceptors (Lipinski definition) is 9. The van der Waals surface area contributed by atoms with E-state index in [0.29, 0.717) is 12.5 Å². The Balaban J connectivity index is 1.44. The number of pyridine rings is 2. The van der Waals surface area contributed by atoms with E-state index in [0.717, 1.165) is 79.4 Å². The van der Waals surface area contributed by atoms with Gasteiger partial charge in [-0.2, -0.15) is 0 Å². The van der Waals surface area contributed by atoms with Crippen molar-refractivity contribution >= 4 is 28.5 Å². The van der Waals surface area contributed by atoms with Crippen molar-refractivity contribution in [1.82, 2.24) is 24.8 Å². The van der Waals surface area contributed by atoms with E-state index in [-0.39, 0.29) is 19.1 Å². The molecule has 1 atom stereocenters. The highest BCUT2D eigenvalue weighted by atomic mass is 16.3. The van der Waals surface area contributed by atoms with Gasteiger partial charge in [0, 0.05) is 68.0 Å². The number of aliphatic hydroxyl groups is 2. The van der Waals surface area contributed by atoms with Gasteiger partial charge in [0.25, 0.3) is 0 Å². The lowest BCUT2D eigenvalue weighted by Gasteiger charge is -2.29. The molecule has 0 aromatic carbocycles. The fourth-order valence-electron chi connectivity index (χ4n) is 4.77. The van der Waals surface area contributed by atoms with Gasteiger partial charge in [-0.3, -0.25) is 4.90 Å². The van der Waals surface area contributed by atoms with Crippen molar-refractivity contribution in [3.05, 3.63) is 41.3 Å². The molecule has 1 fully saturated rings. The smallest absolute Gasteiger partial charge is 0.229 e. The lowest BCUT2D eigenvalue weighted by Crippen LogP contribution is -2.33. The standard InChI is InChI=1S/C25H33N7O2/c1-17(16-34)21-13-19-14-26-25(30-23(19)24(28-21)32-8-3-2-4-9-32)29-22-6-5-18-15-31(11-12-33)10-7-20(18)27-22/h5-6,13-14,17,33-34H,2-4,7-12,15-16H2,1H3,(H,26,27,29,30)/t17-/m1/s1. The molecule has 3 aromatic heterocycles. The van der Waals surface area contributed by atoms with Crippen molar-refractivity contribution in [2.24, 2.45) is 0 Å². The highest BCUT2D eigenvalue weighted by Crippen LogP contribution is 2.30. The van der Waals surface area contributed by atoms with Crippen molar-refractivity contribution in [3.8, 4) is 0 Å². The maximum absolute atomic E-state index is 9.68. The van der Waals surface area contributed by atoms with Crippen molar-refractivity contribution in [1.29, 1.82) is 0 Å². The second-order valence-corrected chi connectivity index (χ2v) is 9.31. The number of hydrogen-bond donors (Lipinski definition) is 3. The third-order valence-corrected chi connectivity index (χ3v) is 6.78. The molecular weight excluding hydrogens is 430 g/mol. The SMILES string of the molecule is C[C@H](CO)c1cc2cnc(Nc3ccc4c(n3)CCN(CCO)C4)nc2c(N2CCCCC2)n1. The van der Waals surface area contributed by atoms with Gasteiger partial charge in [0.1, 0.15) is 11.3 Å². The molecule has 5 heterocycles. The van der Waals surface area contributed by atoms with Crippen molar-refractivity contribution < 1.29 is 10.2 Å². The summed E-state index contributed by atoms with van der Waals surface area (Å²) >= 11 is 0. The fourth-order valence-corrected chi connectivity index (χ4v) is 4.77. The third-order valence-electron chi connectivity index (χ3n) is 6.78. The van der Waals surface area contributed by atoms with Gasteiger partial charge in [-0.1, -0.05) is 13.0 Å². The van der Waals surface area contributed by atoms with Crippen LogP contribution in [0.15, 0.2) is 24.4 Å². The molecule has 34 heavy (non-hydrogen) atoms. The largest absolute Gasteiger partial charge is 0.396 e. The monoisotopic (exact) mass is 463 g/mol. The number of nitrogens with one attached hydrogen (secondary N) is 1. The molecule has 0 bridgehead atoms. The number of nitrogens with zero attached hydrogens (tertiary/aromatic N) is 6. The Bertz CT molecular complexity index is 1150. The molecule has 3 N–H and O–H groups in total. The number of aromatic nitrogens is 4. The van der Waals surface area contributed by atoms with E-state index in [2.05, 4.69) is 26.2 Å². The number of fused-ring (bicyclic) bond motifs is 2. The molecule has 9 nitrogen and oxygen atoms in total. The van der Waals surface area contributed by atoms with Gasteiger partial charge in [0.05, 0.1) is 13.2 Å². The minimum atomic E-state index is -0.0428. The zero-order valence-electron chi connectivity index (χ0n) is 19.7. The first-order valence-corrected chi connectivity index (χ1v) is 12.3. The maximum Gasteiger partial charge on any atom is 0.229 e. The molecule has 0 aliphatic carbocycles. The summed E-state index contributed by atoms with van der Waals surface area (Å²) in [7, 11) is 0. The second-order valence-electron chi connectivity index (χ2n) is 9.31. The quantitative estimate of drug-likeness (QED) is 0.487. The van der Waals surface area contributed by atoms with Gasteiger partial charge in [0.2, 0.25) is 5.95 Å². The Kier molecular flexibility index (Phi) is 6.85. The normalized spacial score (nSPS) is 17.6. The lowest BCUT2D eigenvalue weighted by molar-refractivity contribution is 0.183. The number of β-amino-alcohol motifs (C(OH)–C–C–N with tert-alkyl or cyclic N) is 1. The Labute approximate surface area is 199 Å². The van der Waals surface area contributed by atoms with Gasteiger partial charge in [-0.25, -0.2) is 19.9 Å². The van der Waals surface area contributed by atoms with Crippen LogP contribution in [0.5, 0.6) is 0 Å². The Morgan fingerprint density at radius 1 is 1.06 bits per heavy atom. The van der Waals surface area contributed by atoms with Gasteiger partial charge < -0.3 is 20.4 Å². The van der Waals surface area contributed by atoms with Gasteiger partial charge in [0.15, 0.2) is 5.82 Å². The summed E-state index contributed by atoms with van der Waals surface area (Å²) < 4.78 is 0. The van der Waals surface area contributed by atoms with E-state index in [1.165, 1.54) is 12.0 Å². The highest BCUT2D eigenvalue weighted by molar-refractivity contribution is 5.89. The number of anilines is 3. The predicted molar refractivity (Wildman–Crippen MR) is 132 cm³/mol. The Morgan fingerprint density at radius 3 is 2.71 bits per heavy atom. The molecule has 2 aliphatic rings. The van der Waals surface area contributed by atoms with E-state index < -0.39 is 0 Å². The summed E-state index contributed by atoms with van der Waals surface area (Å²) in [6.07, 6.45) is 6.23. The summed E-state index contributed by atoms with van der Waals surface area (Å²) in [5, 5.41) is 23.1. The van der Waals surface area contributed by atoms with Crippen LogP contribution >= 0.6 is 0 Å². The maximum atomic E-state index is 9.68. The summed E-state index contributed by atoms with van der Waals surface area (Å²) in [6, 6.07) is 6.05. The van der Waals surface area contributed by atoms with Crippen LogP contribution < -0.4 is 10.2 Å². The van der Waals surface area contributed by atoms with Gasteiger partial charge in [-0.15, -0.1) is 0 Å². The first kappa shape index (κ1) is 22.9. The van der Waals surface area contributed by atoms with Crippen LogP contribution in [0.4, 0.5) is 17.6 Å². The van der Waals surface area contributed by atoms with E-state index in [4.69, 9.17) is 15.0 Å². The topological polar surface area (TPSA) is 111 Å². The van der Waals surface area contributed by atoms with E-state index in [1.54, 1.807) is 0 Å². The molecule has 180 valence electrons. The van der Waals surface area contributed by atoms with Crippen molar-refractivity contribution in [2.45, 2.75) is 45.1 Å². The van der Waals surface area contributed by atoms with Crippen LogP contribution in [0.2, 0.25) is 0 Å². The van der Waals surface area contributed by atoms with E-state index >= 15 is 0 Å². The van der Waals surface area contributed by atoms with Crippen LogP contribution in [0.3, 0.4) is 0 Å². The average molecular weight is 464 g/mol. The molecule has 0 amide bonds. The van der Waals surface area contributed by atoms with Gasteiger partial charge in [-0.05, 0) is 37.0 Å². The number of piperidine rings is 1. The molecule has 1 saturated heterocycles. The zero-order chi connectivity index (χ0) is 23.5. The molecular formula is C25H33N7O2. The molecule has 0 spiro atoms. The molecule has 0 radical (unpaired) electrons. The second kappa shape index (κ2) is 10.2. The molecule has 9 heteroatoms. The lowest BCUT2D eigenvalue weighted by atomic mass is 10.1. The van der Waals surface area contributed by atoms with Crippen LogP contribution in [-0.2, 0) is 13.0 Å². The summed E-state index contributed by atoms with van der Waals surface area (Å²) in [5.74, 6) is 2.06. The number of rotatable bonds is 7. The Hall–Kier alpha value is -2.88. The van der Waals surface area contributed by atoms with E-state index in [1.807, 2.05) is 25.3 Å². The zero-order valence-corrected chi connectivity index (χ0v) is 19.7. The van der Waals surface area contributed by atoms with Crippen LogP contribution in [0.25, 0.3) is 10.9 Å². The van der Waals surface area contributed by atoms with Crippen molar-refractivity contribution in [2.75, 3.05) is 49.6 Å².